The first kappa shape index (κ1) is 46.9. The molecule has 1 atom stereocenters. The number of rotatable bonds is 5. The lowest BCUT2D eigenvalue weighted by molar-refractivity contribution is 0.348. The molecule has 368 valence electrons. The Balaban J connectivity index is 1.23. The van der Waals surface area contributed by atoms with E-state index in [2.05, 4.69) is 268 Å². The van der Waals surface area contributed by atoms with Gasteiger partial charge in [-0.2, -0.15) is 0 Å². The normalized spacial score (nSPS) is 17.2. The summed E-state index contributed by atoms with van der Waals surface area (Å²) in [5.41, 5.74) is 24.7. The molecule has 13 rings (SSSR count). The molecule has 5 heteroatoms. The van der Waals surface area contributed by atoms with Crippen LogP contribution in [-0.2, 0) is 27.1 Å². The average Bonchev–Trinajstić information content (AvgIpc) is 3.76. The van der Waals surface area contributed by atoms with Crippen LogP contribution in [-0.4, -0.2) is 6.71 Å². The van der Waals surface area contributed by atoms with Crippen molar-refractivity contribution in [2.75, 3.05) is 14.7 Å². The maximum absolute atomic E-state index is 2.76. The summed E-state index contributed by atoms with van der Waals surface area (Å²) >= 11 is 1.96. The molecule has 1 aromatic heterocycles. The lowest BCUT2D eigenvalue weighted by atomic mass is 9.32. The maximum Gasteiger partial charge on any atom is 0.254 e. The second kappa shape index (κ2) is 16.1. The Bertz CT molecular complexity index is 3700. The molecule has 1 aliphatic carbocycles. The van der Waals surface area contributed by atoms with E-state index in [-0.39, 0.29) is 33.8 Å². The quantitative estimate of drug-likeness (QED) is 0.159. The Kier molecular flexibility index (Phi) is 10.2. The van der Waals surface area contributed by atoms with E-state index in [9.17, 15) is 0 Å². The van der Waals surface area contributed by atoms with Crippen molar-refractivity contribution in [3.63, 3.8) is 0 Å². The molecular formula is C69H68BN3S. The molecule has 9 aromatic rings. The third-order valence-electron chi connectivity index (χ3n) is 17.4. The minimum absolute atomic E-state index is 0.00988. The molecule has 3 aliphatic heterocycles. The minimum Gasteiger partial charge on any atom is -0.311 e. The van der Waals surface area contributed by atoms with E-state index in [0.717, 1.165) is 29.9 Å². The summed E-state index contributed by atoms with van der Waals surface area (Å²) in [5, 5.41) is 2.66. The fourth-order valence-corrected chi connectivity index (χ4v) is 14.4. The fraction of sp³-hybridized carbons (Fsp3) is 0.275. The molecule has 0 amide bonds. The first-order valence-electron chi connectivity index (χ1n) is 27.0. The second-order valence-corrected chi connectivity index (χ2v) is 26.8. The van der Waals surface area contributed by atoms with Gasteiger partial charge >= 0.3 is 0 Å². The van der Waals surface area contributed by atoms with Gasteiger partial charge in [0.2, 0.25) is 0 Å². The largest absolute Gasteiger partial charge is 0.311 e. The Morgan fingerprint density at radius 2 is 1.04 bits per heavy atom. The van der Waals surface area contributed by atoms with Crippen molar-refractivity contribution in [3.8, 4) is 11.1 Å². The van der Waals surface area contributed by atoms with Crippen LogP contribution in [0, 0.1) is 0 Å². The van der Waals surface area contributed by atoms with Crippen molar-refractivity contribution < 1.29 is 0 Å². The molecule has 4 aliphatic rings. The Morgan fingerprint density at radius 3 is 1.66 bits per heavy atom. The van der Waals surface area contributed by atoms with E-state index in [1.54, 1.807) is 0 Å². The number of nitrogens with zero attached hydrogens (tertiary/aromatic N) is 3. The summed E-state index contributed by atoms with van der Waals surface area (Å²) in [4.78, 5) is 7.94. The van der Waals surface area contributed by atoms with Gasteiger partial charge in [0.25, 0.3) is 6.71 Å². The highest BCUT2D eigenvalue weighted by atomic mass is 32.1. The predicted molar refractivity (Wildman–Crippen MR) is 321 cm³/mol. The van der Waals surface area contributed by atoms with Gasteiger partial charge in [-0.15, -0.1) is 11.3 Å². The summed E-state index contributed by atoms with van der Waals surface area (Å²) in [6, 6.07) is 65.6. The molecule has 0 saturated heterocycles. The van der Waals surface area contributed by atoms with Gasteiger partial charge in [0.05, 0.1) is 22.1 Å². The van der Waals surface area contributed by atoms with E-state index in [1.807, 2.05) is 11.3 Å². The number of hydrogen-bond donors (Lipinski definition) is 0. The summed E-state index contributed by atoms with van der Waals surface area (Å²) in [7, 11) is 0. The van der Waals surface area contributed by atoms with Crippen LogP contribution in [0.1, 0.15) is 129 Å². The summed E-state index contributed by atoms with van der Waals surface area (Å²) in [6.07, 6.45) is 2.23. The predicted octanol–water partition coefficient (Wildman–Crippen LogP) is 17.7. The van der Waals surface area contributed by atoms with E-state index < -0.39 is 0 Å². The molecule has 0 bridgehead atoms. The highest BCUT2D eigenvalue weighted by Crippen LogP contribution is 2.62. The van der Waals surface area contributed by atoms with Crippen molar-refractivity contribution >= 4 is 95.0 Å². The van der Waals surface area contributed by atoms with E-state index in [4.69, 9.17) is 0 Å². The Labute approximate surface area is 444 Å². The third kappa shape index (κ3) is 6.98. The van der Waals surface area contributed by atoms with Gasteiger partial charge in [0.1, 0.15) is 0 Å². The molecule has 0 N–H and O–H groups in total. The Hall–Kier alpha value is -6.82. The Morgan fingerprint density at radius 1 is 0.486 bits per heavy atom. The lowest BCUT2D eigenvalue weighted by Gasteiger charge is -2.54. The molecule has 1 unspecified atom stereocenters. The third-order valence-corrected chi connectivity index (χ3v) is 18.6. The molecule has 3 nitrogen and oxygen atoms in total. The van der Waals surface area contributed by atoms with Crippen molar-refractivity contribution in [2.45, 2.75) is 123 Å². The minimum atomic E-state index is -0.180. The van der Waals surface area contributed by atoms with Crippen LogP contribution in [0.2, 0.25) is 0 Å². The zero-order chi connectivity index (χ0) is 51.4. The van der Waals surface area contributed by atoms with Crippen molar-refractivity contribution in [3.05, 3.63) is 203 Å². The number of para-hydroxylation sites is 2. The number of hydrogen-bond acceptors (Lipinski definition) is 4. The first-order valence-corrected chi connectivity index (χ1v) is 27.8. The first-order chi connectivity index (χ1) is 35.2. The second-order valence-electron chi connectivity index (χ2n) is 25.8. The monoisotopic (exact) mass is 982 g/mol. The van der Waals surface area contributed by atoms with Crippen molar-refractivity contribution in [1.82, 2.24) is 0 Å². The molecule has 4 heterocycles. The molecule has 0 radical (unpaired) electrons. The van der Waals surface area contributed by atoms with Gasteiger partial charge in [0.15, 0.2) is 0 Å². The average molecular weight is 982 g/mol. The zero-order valence-corrected chi connectivity index (χ0v) is 46.2. The number of fused-ring (bicyclic) bond motifs is 9. The molecule has 74 heavy (non-hydrogen) atoms. The maximum atomic E-state index is 2.76. The van der Waals surface area contributed by atoms with Gasteiger partial charge in [-0.25, -0.2) is 0 Å². The van der Waals surface area contributed by atoms with E-state index in [0.29, 0.717) is 0 Å². The number of anilines is 9. The van der Waals surface area contributed by atoms with Crippen LogP contribution in [0.25, 0.3) is 21.2 Å². The van der Waals surface area contributed by atoms with Gasteiger partial charge in [0, 0.05) is 44.1 Å². The van der Waals surface area contributed by atoms with Crippen LogP contribution in [0.3, 0.4) is 0 Å². The molecule has 8 aromatic carbocycles. The fourth-order valence-electron chi connectivity index (χ4n) is 13.2. The van der Waals surface area contributed by atoms with Crippen LogP contribution in [0.5, 0.6) is 0 Å². The van der Waals surface area contributed by atoms with Crippen LogP contribution in [0.15, 0.2) is 170 Å². The van der Waals surface area contributed by atoms with Gasteiger partial charge in [-0.1, -0.05) is 192 Å². The van der Waals surface area contributed by atoms with E-state index >= 15 is 0 Å². The molecule has 0 saturated carbocycles. The zero-order valence-electron chi connectivity index (χ0n) is 45.4. The highest BCUT2D eigenvalue weighted by molar-refractivity contribution is 7.26. The van der Waals surface area contributed by atoms with Gasteiger partial charge in [-0.3, -0.25) is 0 Å². The summed E-state index contributed by atoms with van der Waals surface area (Å²) in [5.74, 6) is 0. The summed E-state index contributed by atoms with van der Waals surface area (Å²) < 4.78 is 1.32. The van der Waals surface area contributed by atoms with Gasteiger partial charge in [-0.05, 0) is 156 Å². The highest BCUT2D eigenvalue weighted by Gasteiger charge is 2.54. The SMILES string of the molecule is CC(C)(C)c1ccc(N2c3cc(N(c4ccccc4)c4ccccc4)cc4c3B(c3ccc5c6c3N4c3ccc(C(C)(C)C)cc3C6(C)CCC5(C)C)c3c2sc2ccc(C(C)(C)C)cc32)c(-c2ccccc2)c1. The van der Waals surface area contributed by atoms with Crippen molar-refractivity contribution in [1.29, 1.82) is 0 Å². The number of benzene rings is 8. The smallest absolute Gasteiger partial charge is 0.254 e. The molecular weight excluding hydrogens is 914 g/mol. The van der Waals surface area contributed by atoms with Gasteiger partial charge < -0.3 is 14.7 Å². The van der Waals surface area contributed by atoms with Crippen molar-refractivity contribution in [2.24, 2.45) is 0 Å². The molecule has 0 spiro atoms. The van der Waals surface area contributed by atoms with Crippen LogP contribution in [0.4, 0.5) is 50.5 Å². The number of thiophene rings is 1. The lowest BCUT2D eigenvalue weighted by Crippen LogP contribution is -2.62. The summed E-state index contributed by atoms with van der Waals surface area (Å²) in [6.45, 7) is 28.7. The van der Waals surface area contributed by atoms with Crippen LogP contribution < -0.4 is 31.1 Å². The molecule has 0 fully saturated rings. The van der Waals surface area contributed by atoms with E-state index in [1.165, 1.54) is 104 Å². The topological polar surface area (TPSA) is 9.72 Å². The van der Waals surface area contributed by atoms with Crippen LogP contribution >= 0.6 is 11.3 Å². The standard InChI is InChI=1S/C69H68BN3S/c1-65(2,3)44-28-33-55(50(38-44)43-22-16-13-17-23-43)73-58-42-49(71(47-24-18-14-19-25-47)48-26-20-15-21-27-48)41-57-62(58)70(61-51-39-45(66(4,5)6)30-35-59(51)74-64(61)73)54-32-31-52-60-63(54)72(57)56-34-29-46(67(7,8)9)40-53(56)69(60,12)37-36-68(52,10)11/h13-35,38-42H,36-37H2,1-12H3.